The molecule has 1 amide bonds. The Labute approximate surface area is 120 Å². The zero-order valence-electron chi connectivity index (χ0n) is 12.3. The van der Waals surface area contributed by atoms with Crippen LogP contribution in [0, 0.1) is 5.41 Å². The molecule has 0 bridgehead atoms. The van der Waals surface area contributed by atoms with Gasteiger partial charge in [-0.25, -0.2) is 4.79 Å². The summed E-state index contributed by atoms with van der Waals surface area (Å²) >= 11 is 0. The third-order valence-corrected chi connectivity index (χ3v) is 5.17. The van der Waals surface area contributed by atoms with Gasteiger partial charge < -0.3 is 9.64 Å². The van der Waals surface area contributed by atoms with Crippen LogP contribution in [0.5, 0.6) is 0 Å². The summed E-state index contributed by atoms with van der Waals surface area (Å²) in [6, 6.07) is 0.630. The SMILES string of the molecule is CCOC(=O)N1CC[C@]2(C1)C[C@@H](N1CCC(=O)CC1)C2. The number of hydrogen-bond donors (Lipinski definition) is 0. The molecule has 20 heavy (non-hydrogen) atoms. The van der Waals surface area contributed by atoms with Crippen LogP contribution in [0.1, 0.15) is 39.0 Å². The number of hydrogen-bond acceptors (Lipinski definition) is 4. The summed E-state index contributed by atoms with van der Waals surface area (Å²) in [7, 11) is 0. The zero-order valence-corrected chi connectivity index (χ0v) is 12.3. The highest BCUT2D eigenvalue weighted by atomic mass is 16.6. The van der Waals surface area contributed by atoms with Gasteiger partial charge in [-0.2, -0.15) is 0 Å². The lowest BCUT2D eigenvalue weighted by Crippen LogP contribution is -2.54. The number of likely N-dealkylation sites (tertiary alicyclic amines) is 2. The summed E-state index contributed by atoms with van der Waals surface area (Å²) in [5, 5.41) is 0. The molecule has 3 rings (SSSR count). The van der Waals surface area contributed by atoms with Gasteiger partial charge in [0, 0.05) is 45.1 Å². The van der Waals surface area contributed by atoms with Crippen molar-refractivity contribution in [2.75, 3.05) is 32.8 Å². The quantitative estimate of drug-likeness (QED) is 0.772. The van der Waals surface area contributed by atoms with E-state index in [1.807, 2.05) is 11.8 Å². The maximum absolute atomic E-state index is 11.7. The molecule has 112 valence electrons. The third-order valence-electron chi connectivity index (χ3n) is 5.17. The van der Waals surface area contributed by atoms with Gasteiger partial charge in [0.25, 0.3) is 0 Å². The molecule has 0 atom stereocenters. The van der Waals surface area contributed by atoms with Gasteiger partial charge in [0.05, 0.1) is 6.61 Å². The van der Waals surface area contributed by atoms with Gasteiger partial charge in [-0.05, 0) is 31.6 Å². The van der Waals surface area contributed by atoms with Crippen molar-refractivity contribution in [3.63, 3.8) is 0 Å². The topological polar surface area (TPSA) is 49.9 Å². The summed E-state index contributed by atoms with van der Waals surface area (Å²) in [5.41, 5.74) is 0.332. The van der Waals surface area contributed by atoms with Crippen LogP contribution in [-0.4, -0.2) is 60.5 Å². The summed E-state index contributed by atoms with van der Waals surface area (Å²) in [6.07, 6.45) is 4.75. The summed E-state index contributed by atoms with van der Waals surface area (Å²) in [4.78, 5) is 27.4. The first kappa shape index (κ1) is 13.9. The largest absolute Gasteiger partial charge is 0.450 e. The molecule has 1 saturated carbocycles. The van der Waals surface area contributed by atoms with E-state index in [4.69, 9.17) is 4.74 Å². The van der Waals surface area contributed by atoms with Crippen molar-refractivity contribution in [2.24, 2.45) is 5.41 Å². The fraction of sp³-hybridized carbons (Fsp3) is 0.867. The number of piperidine rings is 1. The van der Waals surface area contributed by atoms with Gasteiger partial charge >= 0.3 is 6.09 Å². The van der Waals surface area contributed by atoms with Crippen molar-refractivity contribution >= 4 is 11.9 Å². The maximum Gasteiger partial charge on any atom is 0.409 e. The van der Waals surface area contributed by atoms with Crippen molar-refractivity contribution in [3.8, 4) is 0 Å². The van der Waals surface area contributed by atoms with Gasteiger partial charge in [0.1, 0.15) is 5.78 Å². The Balaban J connectivity index is 1.48. The predicted molar refractivity (Wildman–Crippen MR) is 74.5 cm³/mol. The molecule has 5 heteroatoms. The minimum Gasteiger partial charge on any atom is -0.450 e. The second-order valence-electron chi connectivity index (χ2n) is 6.51. The molecule has 0 radical (unpaired) electrons. The molecule has 5 nitrogen and oxygen atoms in total. The molecule has 3 aliphatic rings. The van der Waals surface area contributed by atoms with Gasteiger partial charge in [0.2, 0.25) is 0 Å². The second-order valence-corrected chi connectivity index (χ2v) is 6.51. The average Bonchev–Trinajstić information content (AvgIpc) is 2.84. The van der Waals surface area contributed by atoms with Crippen LogP contribution in [0.3, 0.4) is 0 Å². The van der Waals surface area contributed by atoms with Crippen LogP contribution in [0.2, 0.25) is 0 Å². The van der Waals surface area contributed by atoms with Crippen molar-refractivity contribution < 1.29 is 14.3 Å². The highest BCUT2D eigenvalue weighted by molar-refractivity contribution is 5.79. The highest BCUT2D eigenvalue weighted by Gasteiger charge is 2.51. The van der Waals surface area contributed by atoms with Crippen LogP contribution in [0.4, 0.5) is 4.79 Å². The average molecular weight is 280 g/mol. The Bertz CT molecular complexity index is 394. The molecule has 2 aliphatic heterocycles. The number of rotatable bonds is 2. The van der Waals surface area contributed by atoms with Gasteiger partial charge in [0.15, 0.2) is 0 Å². The monoisotopic (exact) mass is 280 g/mol. The van der Waals surface area contributed by atoms with E-state index < -0.39 is 0 Å². The minimum atomic E-state index is -0.156. The van der Waals surface area contributed by atoms with Crippen LogP contribution >= 0.6 is 0 Å². The van der Waals surface area contributed by atoms with E-state index in [1.54, 1.807) is 0 Å². The van der Waals surface area contributed by atoms with Crippen LogP contribution in [-0.2, 0) is 9.53 Å². The normalized spacial score (nSPS) is 34.4. The Morgan fingerprint density at radius 3 is 2.65 bits per heavy atom. The lowest BCUT2D eigenvalue weighted by molar-refractivity contribution is -0.123. The van der Waals surface area contributed by atoms with Gasteiger partial charge in [-0.3, -0.25) is 9.69 Å². The molecule has 1 spiro atoms. The molecule has 1 aliphatic carbocycles. The Kier molecular flexibility index (Phi) is 3.71. The first-order valence-electron chi connectivity index (χ1n) is 7.79. The molecule has 3 fully saturated rings. The van der Waals surface area contributed by atoms with E-state index in [1.165, 1.54) is 12.8 Å². The Morgan fingerprint density at radius 2 is 2.00 bits per heavy atom. The molecule has 0 aromatic heterocycles. The summed E-state index contributed by atoms with van der Waals surface area (Å²) < 4.78 is 5.08. The molecule has 0 aromatic carbocycles. The number of ketones is 1. The molecular weight excluding hydrogens is 256 g/mol. The Hall–Kier alpha value is -1.10. The van der Waals surface area contributed by atoms with E-state index in [0.717, 1.165) is 45.4 Å². The summed E-state index contributed by atoms with van der Waals surface area (Å²) in [5.74, 6) is 0.407. The first-order valence-corrected chi connectivity index (χ1v) is 7.79. The van der Waals surface area contributed by atoms with E-state index in [0.29, 0.717) is 23.8 Å². The van der Waals surface area contributed by atoms with Crippen LogP contribution in [0.25, 0.3) is 0 Å². The van der Waals surface area contributed by atoms with E-state index in [2.05, 4.69) is 4.90 Å². The van der Waals surface area contributed by atoms with E-state index in [9.17, 15) is 9.59 Å². The smallest absolute Gasteiger partial charge is 0.409 e. The number of carbonyl (C=O) groups is 2. The van der Waals surface area contributed by atoms with Crippen LogP contribution < -0.4 is 0 Å². The Morgan fingerprint density at radius 1 is 1.30 bits per heavy atom. The molecule has 2 saturated heterocycles. The van der Waals surface area contributed by atoms with E-state index >= 15 is 0 Å². The third kappa shape index (κ3) is 2.55. The van der Waals surface area contributed by atoms with Crippen molar-refractivity contribution in [1.29, 1.82) is 0 Å². The molecule has 0 aromatic rings. The number of amides is 1. The fourth-order valence-corrected chi connectivity index (χ4v) is 3.98. The maximum atomic E-state index is 11.7. The second kappa shape index (κ2) is 5.35. The minimum absolute atomic E-state index is 0.156. The predicted octanol–water partition coefficient (Wildman–Crippen LogP) is 1.66. The fourth-order valence-electron chi connectivity index (χ4n) is 3.98. The van der Waals surface area contributed by atoms with Crippen molar-refractivity contribution in [1.82, 2.24) is 9.80 Å². The zero-order chi connectivity index (χ0) is 14.2. The van der Waals surface area contributed by atoms with Crippen LogP contribution in [0.15, 0.2) is 0 Å². The highest BCUT2D eigenvalue weighted by Crippen LogP contribution is 2.50. The lowest BCUT2D eigenvalue weighted by Gasteiger charge is -2.50. The number of ether oxygens (including phenoxy) is 1. The van der Waals surface area contributed by atoms with Crippen molar-refractivity contribution in [3.05, 3.63) is 0 Å². The first-order chi connectivity index (χ1) is 9.62. The standard InChI is InChI=1S/C15H24N2O3/c1-2-20-14(19)17-8-5-15(11-17)9-12(10-15)16-6-3-13(18)4-7-16/h12H,2-11H2,1H3/t12-,15+. The summed E-state index contributed by atoms with van der Waals surface area (Å²) in [6.45, 7) is 5.86. The number of carbonyl (C=O) groups excluding carboxylic acids is 2. The molecular formula is C15H24N2O3. The lowest BCUT2D eigenvalue weighted by atomic mass is 9.64. The molecule has 2 heterocycles. The van der Waals surface area contributed by atoms with Gasteiger partial charge in [-0.1, -0.05) is 0 Å². The number of Topliss-reactive ketones (excluding diaryl/α,β-unsaturated/α-hetero) is 1. The number of nitrogens with zero attached hydrogens (tertiary/aromatic N) is 2. The molecule has 0 N–H and O–H groups in total. The van der Waals surface area contributed by atoms with E-state index in [-0.39, 0.29) is 6.09 Å². The van der Waals surface area contributed by atoms with Gasteiger partial charge in [-0.15, -0.1) is 0 Å². The molecule has 0 unspecified atom stereocenters. The van der Waals surface area contributed by atoms with Crippen molar-refractivity contribution in [2.45, 2.75) is 45.1 Å².